The van der Waals surface area contributed by atoms with Gasteiger partial charge >= 0.3 is 0 Å². The van der Waals surface area contributed by atoms with E-state index in [1.54, 1.807) is 25.1 Å². The highest BCUT2D eigenvalue weighted by molar-refractivity contribution is 9.10. The third-order valence-electron chi connectivity index (χ3n) is 4.06. The van der Waals surface area contributed by atoms with Crippen LogP contribution in [0.25, 0.3) is 0 Å². The van der Waals surface area contributed by atoms with Gasteiger partial charge in [0.1, 0.15) is 6.04 Å². The van der Waals surface area contributed by atoms with E-state index in [0.717, 1.165) is 21.9 Å². The molecule has 0 saturated carbocycles. The second-order valence-electron chi connectivity index (χ2n) is 6.24. The monoisotopic (exact) mass is 438 g/mol. The average molecular weight is 439 g/mol. The Kier molecular flexibility index (Phi) is 6.47. The molecular formula is C19H23BrN2O3S. The van der Waals surface area contributed by atoms with E-state index in [4.69, 9.17) is 0 Å². The number of hydrogen-bond acceptors (Lipinski definition) is 3. The standard InChI is InChI=1S/C19H23BrN2O3S/c1-5-17(19(23)21-16-9-7-6-8-15(16)20)22(26(4,24)25)18-12-13(2)10-11-14(18)3/h6-12,17H,5H2,1-4H3,(H,21,23)/t17-/m1/s1. The van der Waals surface area contributed by atoms with Crippen molar-refractivity contribution in [3.8, 4) is 0 Å². The lowest BCUT2D eigenvalue weighted by molar-refractivity contribution is -0.117. The van der Waals surface area contributed by atoms with Gasteiger partial charge in [0.2, 0.25) is 15.9 Å². The maximum absolute atomic E-state index is 12.9. The Hall–Kier alpha value is -1.86. The number of anilines is 2. The van der Waals surface area contributed by atoms with Crippen LogP contribution in [0.15, 0.2) is 46.9 Å². The first-order valence-electron chi connectivity index (χ1n) is 8.27. The van der Waals surface area contributed by atoms with E-state index < -0.39 is 16.1 Å². The van der Waals surface area contributed by atoms with Gasteiger partial charge in [0.05, 0.1) is 17.6 Å². The Morgan fingerprint density at radius 3 is 2.42 bits per heavy atom. The van der Waals surface area contributed by atoms with Gasteiger partial charge in [-0.15, -0.1) is 0 Å². The van der Waals surface area contributed by atoms with E-state index in [9.17, 15) is 13.2 Å². The number of sulfonamides is 1. The van der Waals surface area contributed by atoms with Gasteiger partial charge in [-0.05, 0) is 65.5 Å². The number of amides is 1. The Bertz CT molecular complexity index is 913. The summed E-state index contributed by atoms with van der Waals surface area (Å²) >= 11 is 3.39. The molecule has 0 heterocycles. The van der Waals surface area contributed by atoms with Gasteiger partial charge in [0, 0.05) is 4.47 Å². The van der Waals surface area contributed by atoms with Crippen molar-refractivity contribution < 1.29 is 13.2 Å². The Morgan fingerprint density at radius 1 is 1.19 bits per heavy atom. The van der Waals surface area contributed by atoms with Crippen molar-refractivity contribution in [2.45, 2.75) is 33.2 Å². The number of nitrogens with one attached hydrogen (secondary N) is 1. The number of benzene rings is 2. The van der Waals surface area contributed by atoms with Gasteiger partial charge in [-0.25, -0.2) is 8.42 Å². The maximum Gasteiger partial charge on any atom is 0.248 e. The number of hydrogen-bond donors (Lipinski definition) is 1. The number of carbonyl (C=O) groups excluding carboxylic acids is 1. The molecule has 26 heavy (non-hydrogen) atoms. The molecule has 0 unspecified atom stereocenters. The minimum Gasteiger partial charge on any atom is -0.323 e. The first-order valence-corrected chi connectivity index (χ1v) is 10.9. The highest BCUT2D eigenvalue weighted by Gasteiger charge is 2.32. The Labute approximate surface area is 163 Å². The molecule has 2 aromatic rings. The highest BCUT2D eigenvalue weighted by atomic mass is 79.9. The fourth-order valence-electron chi connectivity index (χ4n) is 2.77. The molecule has 1 amide bonds. The summed E-state index contributed by atoms with van der Waals surface area (Å²) in [5.74, 6) is -0.370. The molecule has 0 saturated heterocycles. The molecule has 0 aliphatic heterocycles. The minimum atomic E-state index is -3.66. The molecule has 1 atom stereocenters. The average Bonchev–Trinajstić information content (AvgIpc) is 2.56. The van der Waals surface area contributed by atoms with E-state index in [1.165, 1.54) is 4.31 Å². The molecule has 0 aliphatic rings. The maximum atomic E-state index is 12.9. The molecule has 2 rings (SSSR count). The van der Waals surface area contributed by atoms with Crippen LogP contribution in [-0.2, 0) is 14.8 Å². The van der Waals surface area contributed by atoms with Gasteiger partial charge in [-0.3, -0.25) is 9.10 Å². The quantitative estimate of drug-likeness (QED) is 0.732. The van der Waals surface area contributed by atoms with Gasteiger partial charge in [-0.1, -0.05) is 31.2 Å². The molecule has 0 spiro atoms. The van der Waals surface area contributed by atoms with Crippen molar-refractivity contribution in [1.29, 1.82) is 0 Å². The SMILES string of the molecule is CC[C@H](C(=O)Nc1ccccc1Br)N(c1cc(C)ccc1C)S(C)(=O)=O. The molecule has 0 fully saturated rings. The first-order chi connectivity index (χ1) is 12.1. The summed E-state index contributed by atoms with van der Waals surface area (Å²) in [7, 11) is -3.66. The lowest BCUT2D eigenvalue weighted by atomic mass is 10.1. The van der Waals surface area contributed by atoms with E-state index in [1.807, 2.05) is 38.1 Å². The summed E-state index contributed by atoms with van der Waals surface area (Å²) in [5, 5.41) is 2.83. The van der Waals surface area contributed by atoms with Gasteiger partial charge in [0.15, 0.2) is 0 Å². The summed E-state index contributed by atoms with van der Waals surface area (Å²) in [6.07, 6.45) is 1.47. The molecule has 0 radical (unpaired) electrons. The van der Waals surface area contributed by atoms with Gasteiger partial charge in [-0.2, -0.15) is 0 Å². The molecule has 7 heteroatoms. The number of carbonyl (C=O) groups is 1. The molecule has 5 nitrogen and oxygen atoms in total. The van der Waals surface area contributed by atoms with E-state index in [-0.39, 0.29) is 5.91 Å². The zero-order valence-corrected chi connectivity index (χ0v) is 17.7. The van der Waals surface area contributed by atoms with Crippen molar-refractivity contribution >= 4 is 43.2 Å². The summed E-state index contributed by atoms with van der Waals surface area (Å²) in [4.78, 5) is 12.9. The van der Waals surface area contributed by atoms with Crippen molar-refractivity contribution in [2.75, 3.05) is 15.9 Å². The normalized spacial score (nSPS) is 12.5. The third-order valence-corrected chi connectivity index (χ3v) is 5.92. The molecule has 0 bridgehead atoms. The summed E-state index contributed by atoms with van der Waals surface area (Å²) in [6.45, 7) is 5.53. The van der Waals surface area contributed by atoms with E-state index >= 15 is 0 Å². The molecule has 1 N–H and O–H groups in total. The van der Waals surface area contributed by atoms with E-state index in [0.29, 0.717) is 17.8 Å². The van der Waals surface area contributed by atoms with Crippen LogP contribution in [0.4, 0.5) is 11.4 Å². The van der Waals surface area contributed by atoms with Crippen molar-refractivity contribution in [1.82, 2.24) is 0 Å². The van der Waals surface area contributed by atoms with Gasteiger partial charge in [0.25, 0.3) is 0 Å². The lowest BCUT2D eigenvalue weighted by Crippen LogP contribution is -2.47. The second-order valence-corrected chi connectivity index (χ2v) is 8.96. The number of para-hydroxylation sites is 1. The van der Waals surface area contributed by atoms with E-state index in [2.05, 4.69) is 21.2 Å². The second kappa shape index (κ2) is 8.22. The minimum absolute atomic E-state index is 0.344. The van der Waals surface area contributed by atoms with Crippen molar-refractivity contribution in [3.63, 3.8) is 0 Å². The Balaban J connectivity index is 2.47. The van der Waals surface area contributed by atoms with Crippen LogP contribution in [0, 0.1) is 13.8 Å². The first kappa shape index (κ1) is 20.5. The largest absolute Gasteiger partial charge is 0.323 e. The molecule has 0 aliphatic carbocycles. The van der Waals surface area contributed by atoms with Crippen LogP contribution in [-0.4, -0.2) is 26.6 Å². The summed E-state index contributed by atoms with van der Waals surface area (Å²) < 4.78 is 27.1. The fraction of sp³-hybridized carbons (Fsp3) is 0.316. The fourth-order valence-corrected chi connectivity index (χ4v) is 4.42. The van der Waals surface area contributed by atoms with Crippen molar-refractivity contribution in [3.05, 3.63) is 58.1 Å². The predicted octanol–water partition coefficient (Wildman–Crippen LogP) is 4.25. The summed E-state index contributed by atoms with van der Waals surface area (Å²) in [6, 6.07) is 12.0. The number of nitrogens with zero attached hydrogens (tertiary/aromatic N) is 1. The number of halogens is 1. The number of aryl methyl sites for hydroxylation is 2. The number of rotatable bonds is 6. The molecule has 140 valence electrons. The van der Waals surface area contributed by atoms with Crippen LogP contribution in [0.5, 0.6) is 0 Å². The highest BCUT2D eigenvalue weighted by Crippen LogP contribution is 2.28. The topological polar surface area (TPSA) is 66.5 Å². The smallest absolute Gasteiger partial charge is 0.248 e. The van der Waals surface area contributed by atoms with Crippen LogP contribution >= 0.6 is 15.9 Å². The molecular weight excluding hydrogens is 416 g/mol. The van der Waals surface area contributed by atoms with Crippen LogP contribution in [0.1, 0.15) is 24.5 Å². The van der Waals surface area contributed by atoms with Crippen LogP contribution in [0.3, 0.4) is 0 Å². The third kappa shape index (κ3) is 4.65. The Morgan fingerprint density at radius 2 is 1.85 bits per heavy atom. The molecule has 2 aromatic carbocycles. The van der Waals surface area contributed by atoms with Crippen LogP contribution in [0.2, 0.25) is 0 Å². The lowest BCUT2D eigenvalue weighted by Gasteiger charge is -2.31. The molecule has 0 aromatic heterocycles. The summed E-state index contributed by atoms with van der Waals surface area (Å²) in [5.41, 5.74) is 2.86. The van der Waals surface area contributed by atoms with Gasteiger partial charge < -0.3 is 5.32 Å². The zero-order valence-electron chi connectivity index (χ0n) is 15.3. The zero-order chi connectivity index (χ0) is 19.5. The predicted molar refractivity (Wildman–Crippen MR) is 110 cm³/mol. The van der Waals surface area contributed by atoms with Crippen molar-refractivity contribution in [2.24, 2.45) is 0 Å². The van der Waals surface area contributed by atoms with Crippen LogP contribution < -0.4 is 9.62 Å².